The van der Waals surface area contributed by atoms with Crippen LogP contribution in [0.2, 0.25) is 0 Å². The Bertz CT molecular complexity index is 398. The molecule has 0 bridgehead atoms. The molecule has 18 heavy (non-hydrogen) atoms. The van der Waals surface area contributed by atoms with Gasteiger partial charge in [0.25, 0.3) is 0 Å². The molecule has 0 spiro atoms. The number of aryl methyl sites for hydroxylation is 1. The van der Waals surface area contributed by atoms with Crippen molar-refractivity contribution in [3.05, 3.63) is 11.8 Å². The lowest BCUT2D eigenvalue weighted by Crippen LogP contribution is -2.47. The fourth-order valence-corrected chi connectivity index (χ4v) is 2.46. The van der Waals surface area contributed by atoms with E-state index in [0.29, 0.717) is 18.0 Å². The van der Waals surface area contributed by atoms with Crippen LogP contribution >= 0.6 is 0 Å². The molecule has 0 aromatic carbocycles. The summed E-state index contributed by atoms with van der Waals surface area (Å²) in [5.41, 5.74) is 6.76. The Morgan fingerprint density at radius 2 is 1.94 bits per heavy atom. The van der Waals surface area contributed by atoms with Crippen molar-refractivity contribution in [3.8, 4) is 0 Å². The molecule has 2 atom stereocenters. The number of nitrogen functional groups attached to an aromatic ring is 1. The number of rotatable bonds is 3. The Kier molecular flexibility index (Phi) is 3.98. The molecule has 1 fully saturated rings. The summed E-state index contributed by atoms with van der Waals surface area (Å²) in [4.78, 5) is 8.49. The molecule has 0 saturated carbocycles. The van der Waals surface area contributed by atoms with Crippen molar-refractivity contribution in [1.29, 1.82) is 0 Å². The van der Waals surface area contributed by atoms with Gasteiger partial charge in [-0.25, -0.2) is 15.8 Å². The third-order valence-corrected chi connectivity index (χ3v) is 3.42. The maximum Gasteiger partial charge on any atom is 0.239 e. The average Bonchev–Trinajstić information content (AvgIpc) is 2.33. The van der Waals surface area contributed by atoms with Gasteiger partial charge in [-0.3, -0.25) is 5.43 Å². The van der Waals surface area contributed by atoms with Gasteiger partial charge in [-0.15, -0.1) is 0 Å². The first-order valence-electron chi connectivity index (χ1n) is 6.47. The summed E-state index contributed by atoms with van der Waals surface area (Å²) in [6.45, 7) is 6.40. The number of hydrogen-bond donors (Lipinski definition) is 3. The summed E-state index contributed by atoms with van der Waals surface area (Å²) in [5.74, 6) is 6.59. The van der Waals surface area contributed by atoms with Crippen LogP contribution in [0.25, 0.3) is 0 Å². The van der Waals surface area contributed by atoms with Gasteiger partial charge in [0, 0.05) is 23.8 Å². The van der Waals surface area contributed by atoms with Gasteiger partial charge in [0.05, 0.1) is 0 Å². The van der Waals surface area contributed by atoms with E-state index < -0.39 is 0 Å². The lowest BCUT2D eigenvalue weighted by Gasteiger charge is -2.39. The van der Waals surface area contributed by atoms with Crippen LogP contribution in [0.3, 0.4) is 0 Å². The molecule has 2 rings (SSSR count). The SMILES string of the molecule is Cc1cc(NN2C(C)CCCC2C)nc(NN)n1. The molecule has 0 aliphatic carbocycles. The molecule has 6 nitrogen and oxygen atoms in total. The summed E-state index contributed by atoms with van der Waals surface area (Å²) < 4.78 is 0. The van der Waals surface area contributed by atoms with Crippen molar-refractivity contribution in [2.75, 3.05) is 10.9 Å². The molecule has 2 heterocycles. The van der Waals surface area contributed by atoms with Gasteiger partial charge in [-0.1, -0.05) is 6.42 Å². The number of hydrogen-bond acceptors (Lipinski definition) is 6. The van der Waals surface area contributed by atoms with Crippen molar-refractivity contribution in [3.63, 3.8) is 0 Å². The maximum atomic E-state index is 5.36. The second-order valence-corrected chi connectivity index (χ2v) is 5.01. The number of nitrogens with two attached hydrogens (primary N) is 1. The van der Waals surface area contributed by atoms with Crippen LogP contribution in [-0.2, 0) is 0 Å². The van der Waals surface area contributed by atoms with E-state index in [9.17, 15) is 0 Å². The second kappa shape index (κ2) is 5.49. The van der Waals surface area contributed by atoms with Crippen molar-refractivity contribution >= 4 is 11.8 Å². The zero-order valence-electron chi connectivity index (χ0n) is 11.3. The minimum atomic E-state index is 0.440. The number of nitrogens with one attached hydrogen (secondary N) is 2. The third-order valence-electron chi connectivity index (χ3n) is 3.42. The predicted molar refractivity (Wildman–Crippen MR) is 72.8 cm³/mol. The molecule has 1 aromatic heterocycles. The molecule has 0 radical (unpaired) electrons. The quantitative estimate of drug-likeness (QED) is 0.559. The van der Waals surface area contributed by atoms with E-state index >= 15 is 0 Å². The van der Waals surface area contributed by atoms with E-state index in [1.165, 1.54) is 19.3 Å². The molecular weight excluding hydrogens is 228 g/mol. The van der Waals surface area contributed by atoms with Crippen molar-refractivity contribution < 1.29 is 0 Å². The lowest BCUT2D eigenvalue weighted by atomic mass is 10.00. The van der Waals surface area contributed by atoms with Crippen molar-refractivity contribution in [2.45, 2.75) is 52.1 Å². The number of anilines is 2. The first-order chi connectivity index (χ1) is 8.60. The topological polar surface area (TPSA) is 79.1 Å². The summed E-state index contributed by atoms with van der Waals surface area (Å²) in [6, 6.07) is 2.95. The standard InChI is InChI=1S/C12H22N6/c1-8-7-11(15-12(14-8)16-13)17-18-9(2)5-4-6-10(18)3/h7,9-10H,4-6,13H2,1-3H3,(H2,14,15,16,17). The fraction of sp³-hybridized carbons (Fsp3) is 0.667. The van der Waals surface area contributed by atoms with Gasteiger partial charge in [0.2, 0.25) is 5.95 Å². The Hall–Kier alpha value is -1.40. The second-order valence-electron chi connectivity index (χ2n) is 5.01. The van der Waals surface area contributed by atoms with Gasteiger partial charge in [-0.05, 0) is 33.6 Å². The molecule has 1 aliphatic rings. The van der Waals surface area contributed by atoms with Crippen molar-refractivity contribution in [1.82, 2.24) is 15.0 Å². The molecule has 4 N–H and O–H groups in total. The Morgan fingerprint density at radius 3 is 2.56 bits per heavy atom. The number of hydrazine groups is 2. The van der Waals surface area contributed by atoms with Crippen LogP contribution in [0.5, 0.6) is 0 Å². The Balaban J connectivity index is 2.14. The molecule has 1 saturated heterocycles. The van der Waals surface area contributed by atoms with E-state index in [0.717, 1.165) is 11.5 Å². The summed E-state index contributed by atoms with van der Waals surface area (Å²) in [7, 11) is 0. The normalized spacial score (nSPS) is 24.9. The minimum absolute atomic E-state index is 0.440. The molecule has 6 heteroatoms. The summed E-state index contributed by atoms with van der Waals surface area (Å²) in [6.07, 6.45) is 3.71. The van der Waals surface area contributed by atoms with Crippen LogP contribution in [-0.4, -0.2) is 27.1 Å². The molecule has 2 unspecified atom stereocenters. The van der Waals surface area contributed by atoms with E-state index in [1.807, 2.05) is 13.0 Å². The maximum absolute atomic E-state index is 5.36. The largest absolute Gasteiger partial charge is 0.302 e. The zero-order valence-corrected chi connectivity index (χ0v) is 11.3. The molecular formula is C12H22N6. The van der Waals surface area contributed by atoms with Gasteiger partial charge >= 0.3 is 0 Å². The van der Waals surface area contributed by atoms with E-state index in [1.54, 1.807) is 0 Å². The molecule has 1 aliphatic heterocycles. The molecule has 100 valence electrons. The van der Waals surface area contributed by atoms with E-state index in [2.05, 4.69) is 39.7 Å². The third kappa shape index (κ3) is 2.88. The highest BCUT2D eigenvalue weighted by atomic mass is 15.5. The average molecular weight is 250 g/mol. The smallest absolute Gasteiger partial charge is 0.239 e. The van der Waals surface area contributed by atoms with Crippen LogP contribution in [0.1, 0.15) is 38.8 Å². The van der Waals surface area contributed by atoms with E-state index in [-0.39, 0.29) is 0 Å². The van der Waals surface area contributed by atoms with Gasteiger partial charge in [0.1, 0.15) is 5.82 Å². The van der Waals surface area contributed by atoms with Crippen LogP contribution in [0.4, 0.5) is 11.8 Å². The minimum Gasteiger partial charge on any atom is -0.302 e. The highest BCUT2D eigenvalue weighted by Gasteiger charge is 2.25. The molecule has 1 aromatic rings. The molecule has 0 amide bonds. The van der Waals surface area contributed by atoms with Crippen LogP contribution in [0.15, 0.2) is 6.07 Å². The van der Waals surface area contributed by atoms with E-state index in [4.69, 9.17) is 5.84 Å². The highest BCUT2D eigenvalue weighted by molar-refractivity contribution is 5.41. The first-order valence-corrected chi connectivity index (χ1v) is 6.47. The predicted octanol–water partition coefficient (Wildman–Crippen LogP) is 1.66. The number of aromatic nitrogens is 2. The van der Waals surface area contributed by atoms with Gasteiger partial charge in [-0.2, -0.15) is 4.98 Å². The zero-order chi connectivity index (χ0) is 13.1. The number of nitrogens with zero attached hydrogens (tertiary/aromatic N) is 3. The monoisotopic (exact) mass is 250 g/mol. The Morgan fingerprint density at radius 1 is 1.28 bits per heavy atom. The Labute approximate surface area is 108 Å². The van der Waals surface area contributed by atoms with Crippen LogP contribution < -0.4 is 16.7 Å². The summed E-state index contributed by atoms with van der Waals surface area (Å²) >= 11 is 0. The van der Waals surface area contributed by atoms with Gasteiger partial charge in [0.15, 0.2) is 0 Å². The highest BCUT2D eigenvalue weighted by Crippen LogP contribution is 2.23. The summed E-state index contributed by atoms with van der Waals surface area (Å²) in [5, 5.41) is 2.27. The first kappa shape index (κ1) is 13.0. The van der Waals surface area contributed by atoms with Gasteiger partial charge < -0.3 is 5.43 Å². The number of piperidine rings is 1. The fourth-order valence-electron chi connectivity index (χ4n) is 2.46. The van der Waals surface area contributed by atoms with Crippen LogP contribution in [0, 0.1) is 6.92 Å². The van der Waals surface area contributed by atoms with Crippen molar-refractivity contribution in [2.24, 2.45) is 5.84 Å². The lowest BCUT2D eigenvalue weighted by molar-refractivity contribution is 0.135.